The van der Waals surface area contributed by atoms with Gasteiger partial charge in [-0.3, -0.25) is 4.79 Å². The van der Waals surface area contributed by atoms with Gasteiger partial charge in [0.2, 0.25) is 0 Å². The summed E-state index contributed by atoms with van der Waals surface area (Å²) in [4.78, 5) is 11.8. The topological polar surface area (TPSA) is 26.3 Å². The Morgan fingerprint density at radius 3 is 2.69 bits per heavy atom. The van der Waals surface area contributed by atoms with Crippen molar-refractivity contribution in [2.75, 3.05) is 0 Å². The molecule has 0 fully saturated rings. The van der Waals surface area contributed by atoms with Crippen LogP contribution in [0.3, 0.4) is 0 Å². The summed E-state index contributed by atoms with van der Waals surface area (Å²) in [5.41, 5.74) is 2.69. The van der Waals surface area contributed by atoms with Gasteiger partial charge in [0.1, 0.15) is 0 Å². The molecule has 1 unspecified atom stereocenters. The van der Waals surface area contributed by atoms with Crippen molar-refractivity contribution in [2.24, 2.45) is 5.92 Å². The summed E-state index contributed by atoms with van der Waals surface area (Å²) in [6.07, 6.45) is 2.74. The summed E-state index contributed by atoms with van der Waals surface area (Å²) >= 11 is 0. The third-order valence-corrected chi connectivity index (χ3v) is 3.03. The van der Waals surface area contributed by atoms with E-state index in [0.29, 0.717) is 0 Å². The van der Waals surface area contributed by atoms with Crippen LogP contribution in [0.5, 0.6) is 0 Å². The van der Waals surface area contributed by atoms with Crippen molar-refractivity contribution < 1.29 is 9.53 Å². The zero-order valence-electron chi connectivity index (χ0n) is 9.90. The predicted octanol–water partition coefficient (Wildman–Crippen LogP) is 2.74. The van der Waals surface area contributed by atoms with Crippen LogP contribution in [0, 0.1) is 5.92 Å². The van der Waals surface area contributed by atoms with Crippen molar-refractivity contribution in [1.82, 2.24) is 0 Å². The maximum Gasteiger partial charge on any atom is 0.309 e. The summed E-state index contributed by atoms with van der Waals surface area (Å²) in [6.45, 7) is 3.79. The molecule has 16 heavy (non-hydrogen) atoms. The van der Waals surface area contributed by atoms with Crippen molar-refractivity contribution in [2.45, 2.75) is 39.2 Å². The number of ether oxygens (including phenoxy) is 1. The first-order valence-electron chi connectivity index (χ1n) is 5.94. The third-order valence-electron chi connectivity index (χ3n) is 3.03. The average molecular weight is 218 g/mol. The lowest BCUT2D eigenvalue weighted by molar-refractivity contribution is -0.152. The highest BCUT2D eigenvalue weighted by Crippen LogP contribution is 2.26. The smallest absolute Gasteiger partial charge is 0.309 e. The second-order valence-electron chi connectivity index (χ2n) is 4.69. The highest BCUT2D eigenvalue weighted by atomic mass is 16.5. The molecule has 0 N–H and O–H groups in total. The van der Waals surface area contributed by atoms with Gasteiger partial charge in [0.05, 0.1) is 12.0 Å². The van der Waals surface area contributed by atoms with Crippen LogP contribution in [0.4, 0.5) is 0 Å². The van der Waals surface area contributed by atoms with Crippen molar-refractivity contribution in [3.8, 4) is 0 Å². The number of carbonyl (C=O) groups excluding carboxylic acids is 1. The van der Waals surface area contributed by atoms with Gasteiger partial charge in [0.15, 0.2) is 0 Å². The molecule has 2 nitrogen and oxygen atoms in total. The van der Waals surface area contributed by atoms with E-state index in [1.165, 1.54) is 11.1 Å². The van der Waals surface area contributed by atoms with E-state index in [0.717, 1.165) is 19.3 Å². The van der Waals surface area contributed by atoms with E-state index in [1.807, 2.05) is 19.9 Å². The second-order valence-corrected chi connectivity index (χ2v) is 4.69. The highest BCUT2D eigenvalue weighted by Gasteiger charge is 2.25. The molecular formula is C14H18O2. The summed E-state index contributed by atoms with van der Waals surface area (Å²) in [5.74, 6) is 0.0156. The number of benzene rings is 1. The minimum atomic E-state index is -0.0375. The van der Waals surface area contributed by atoms with Crippen LogP contribution in [0.15, 0.2) is 24.3 Å². The molecule has 0 aromatic heterocycles. The number of hydrogen-bond acceptors (Lipinski definition) is 2. The van der Waals surface area contributed by atoms with Crippen molar-refractivity contribution in [1.29, 1.82) is 0 Å². The van der Waals surface area contributed by atoms with Crippen LogP contribution >= 0.6 is 0 Å². The van der Waals surface area contributed by atoms with Crippen molar-refractivity contribution >= 4 is 5.97 Å². The van der Waals surface area contributed by atoms with E-state index in [4.69, 9.17) is 4.74 Å². The minimum absolute atomic E-state index is 0.00956. The van der Waals surface area contributed by atoms with E-state index in [-0.39, 0.29) is 18.0 Å². The Morgan fingerprint density at radius 1 is 1.31 bits per heavy atom. The number of rotatable bonds is 2. The Hall–Kier alpha value is -1.31. The average Bonchev–Trinajstić information content (AvgIpc) is 2.27. The fraction of sp³-hybridized carbons (Fsp3) is 0.500. The van der Waals surface area contributed by atoms with Gasteiger partial charge in [0.25, 0.3) is 0 Å². The molecule has 1 aromatic carbocycles. The van der Waals surface area contributed by atoms with Crippen molar-refractivity contribution in [3.63, 3.8) is 0 Å². The van der Waals surface area contributed by atoms with E-state index >= 15 is 0 Å². The van der Waals surface area contributed by atoms with Gasteiger partial charge in [0, 0.05) is 0 Å². The van der Waals surface area contributed by atoms with Crippen LogP contribution in [0.25, 0.3) is 0 Å². The summed E-state index contributed by atoms with van der Waals surface area (Å²) < 4.78 is 5.27. The molecule has 0 amide bonds. The molecule has 1 aliphatic carbocycles. The molecule has 0 saturated heterocycles. The quantitative estimate of drug-likeness (QED) is 0.713. The lowest BCUT2D eigenvalue weighted by Crippen LogP contribution is -2.26. The fourth-order valence-electron chi connectivity index (χ4n) is 2.23. The molecule has 1 atom stereocenters. The van der Waals surface area contributed by atoms with Crippen LogP contribution in [0.1, 0.15) is 31.4 Å². The highest BCUT2D eigenvalue weighted by molar-refractivity contribution is 5.73. The summed E-state index contributed by atoms with van der Waals surface area (Å²) in [5, 5.41) is 0. The molecule has 1 aliphatic rings. The Bertz CT molecular complexity index is 382. The number of fused-ring (bicyclic) bond motifs is 1. The molecule has 0 saturated carbocycles. The number of hydrogen-bond donors (Lipinski definition) is 0. The van der Waals surface area contributed by atoms with E-state index in [1.54, 1.807) is 0 Å². The van der Waals surface area contributed by atoms with E-state index in [9.17, 15) is 4.79 Å². The van der Waals surface area contributed by atoms with Gasteiger partial charge >= 0.3 is 5.97 Å². The van der Waals surface area contributed by atoms with Gasteiger partial charge in [-0.05, 0) is 44.2 Å². The number of aryl methyl sites for hydroxylation is 1. The third kappa shape index (κ3) is 2.43. The van der Waals surface area contributed by atoms with Crippen molar-refractivity contribution in [3.05, 3.63) is 35.4 Å². The predicted molar refractivity (Wildman–Crippen MR) is 63.2 cm³/mol. The largest absolute Gasteiger partial charge is 0.463 e. The molecule has 1 aromatic rings. The SMILES string of the molecule is CC(C)OC(=O)C1CCc2ccccc2C1. The molecule has 86 valence electrons. The summed E-state index contributed by atoms with van der Waals surface area (Å²) in [6, 6.07) is 8.37. The minimum Gasteiger partial charge on any atom is -0.463 e. The zero-order chi connectivity index (χ0) is 11.5. The van der Waals surface area contributed by atoms with Crippen LogP contribution in [0.2, 0.25) is 0 Å². The second kappa shape index (κ2) is 4.69. The monoisotopic (exact) mass is 218 g/mol. The molecule has 0 bridgehead atoms. The standard InChI is InChI=1S/C14H18O2/c1-10(2)16-14(15)13-8-7-11-5-3-4-6-12(11)9-13/h3-6,10,13H,7-9H2,1-2H3. The first kappa shape index (κ1) is 11.2. The molecule has 0 spiro atoms. The maximum atomic E-state index is 11.8. The lowest BCUT2D eigenvalue weighted by atomic mass is 9.84. The Balaban J connectivity index is 2.05. The van der Waals surface area contributed by atoms with E-state index in [2.05, 4.69) is 18.2 Å². The normalized spacial score (nSPS) is 19.3. The Labute approximate surface area is 96.6 Å². The molecule has 2 heteroatoms. The maximum absolute atomic E-state index is 11.8. The molecular weight excluding hydrogens is 200 g/mol. The van der Waals surface area contributed by atoms with Gasteiger partial charge in [-0.25, -0.2) is 0 Å². The number of carbonyl (C=O) groups is 1. The molecule has 2 rings (SSSR count). The van der Waals surface area contributed by atoms with Gasteiger partial charge < -0.3 is 4.74 Å². The van der Waals surface area contributed by atoms with E-state index < -0.39 is 0 Å². The van der Waals surface area contributed by atoms with Crippen LogP contribution < -0.4 is 0 Å². The molecule has 0 aliphatic heterocycles. The Morgan fingerprint density at radius 2 is 2.00 bits per heavy atom. The van der Waals surface area contributed by atoms with Crippen LogP contribution in [-0.4, -0.2) is 12.1 Å². The fourth-order valence-corrected chi connectivity index (χ4v) is 2.23. The number of esters is 1. The molecule has 0 heterocycles. The zero-order valence-corrected chi connectivity index (χ0v) is 9.90. The Kier molecular flexibility index (Phi) is 3.28. The van der Waals surface area contributed by atoms with Gasteiger partial charge in [-0.1, -0.05) is 24.3 Å². The summed E-state index contributed by atoms with van der Waals surface area (Å²) in [7, 11) is 0. The lowest BCUT2D eigenvalue weighted by Gasteiger charge is -2.23. The van der Waals surface area contributed by atoms with Gasteiger partial charge in [-0.15, -0.1) is 0 Å². The van der Waals surface area contributed by atoms with Gasteiger partial charge in [-0.2, -0.15) is 0 Å². The van der Waals surface area contributed by atoms with Crippen LogP contribution in [-0.2, 0) is 22.4 Å². The molecule has 0 radical (unpaired) electrons. The first-order valence-corrected chi connectivity index (χ1v) is 5.94. The first-order chi connectivity index (χ1) is 7.66.